The lowest BCUT2D eigenvalue weighted by atomic mass is 10.1. The van der Waals surface area contributed by atoms with Crippen molar-refractivity contribution < 1.29 is 9.47 Å². The summed E-state index contributed by atoms with van der Waals surface area (Å²) < 4.78 is 11.4. The largest absolute Gasteiger partial charge is 0.493 e. The number of likely N-dealkylation sites (N-methyl/N-ethyl adjacent to an activating group) is 1. The van der Waals surface area contributed by atoms with Crippen LogP contribution in [0.3, 0.4) is 0 Å². The number of pyridine rings is 1. The zero-order valence-corrected chi connectivity index (χ0v) is 15.4. The number of aromatic nitrogens is 1. The highest BCUT2D eigenvalue weighted by Gasteiger charge is 2.14. The Labute approximate surface area is 153 Å². The zero-order chi connectivity index (χ0) is 18.5. The van der Waals surface area contributed by atoms with Crippen molar-refractivity contribution in [2.24, 2.45) is 0 Å². The van der Waals surface area contributed by atoms with Crippen LogP contribution >= 0.6 is 0 Å². The van der Waals surface area contributed by atoms with E-state index in [9.17, 15) is 0 Å². The predicted molar refractivity (Wildman–Crippen MR) is 101 cm³/mol. The van der Waals surface area contributed by atoms with Gasteiger partial charge in [-0.3, -0.25) is 4.98 Å². The first-order chi connectivity index (χ1) is 12.6. The molecule has 1 aromatic heterocycles. The van der Waals surface area contributed by atoms with Crippen LogP contribution in [0.2, 0.25) is 0 Å². The number of nitrogens with zero attached hydrogens (tertiary/aromatic N) is 4. The third kappa shape index (κ3) is 3.98. The topological polar surface area (TPSA) is 87.6 Å². The molecule has 138 valence electrons. The number of hydrogen-bond acceptors (Lipinski definition) is 7. The Morgan fingerprint density at radius 1 is 1.23 bits per heavy atom. The van der Waals surface area contributed by atoms with E-state index < -0.39 is 0 Å². The molecule has 0 atom stereocenters. The Kier molecular flexibility index (Phi) is 5.76. The van der Waals surface area contributed by atoms with Gasteiger partial charge in [0.1, 0.15) is 6.07 Å². The number of rotatable bonds is 6. The van der Waals surface area contributed by atoms with E-state index in [2.05, 4.69) is 21.8 Å². The molecule has 1 fully saturated rings. The lowest BCUT2D eigenvalue weighted by molar-refractivity contribution is 0.145. The second-order valence-electron chi connectivity index (χ2n) is 6.56. The number of hydrogen-bond donors (Lipinski definition) is 1. The van der Waals surface area contributed by atoms with Gasteiger partial charge in [-0.2, -0.15) is 5.26 Å². The zero-order valence-electron chi connectivity index (χ0n) is 15.4. The summed E-state index contributed by atoms with van der Waals surface area (Å²) >= 11 is 0. The van der Waals surface area contributed by atoms with E-state index in [1.807, 2.05) is 12.1 Å². The van der Waals surface area contributed by atoms with Crippen LogP contribution in [-0.4, -0.2) is 68.3 Å². The third-order valence-electron chi connectivity index (χ3n) is 4.79. The van der Waals surface area contributed by atoms with Gasteiger partial charge in [-0.1, -0.05) is 0 Å². The molecule has 0 amide bonds. The Hall–Kier alpha value is -2.56. The number of piperazine rings is 1. The molecular formula is C19H25N5O2. The Bertz CT molecular complexity index is 810. The summed E-state index contributed by atoms with van der Waals surface area (Å²) in [4.78, 5) is 9.12. The van der Waals surface area contributed by atoms with Crippen molar-refractivity contribution >= 4 is 16.6 Å². The minimum Gasteiger partial charge on any atom is -0.493 e. The molecule has 1 aromatic carbocycles. The van der Waals surface area contributed by atoms with Crippen LogP contribution in [0.5, 0.6) is 11.5 Å². The predicted octanol–water partition coefficient (Wildman–Crippen LogP) is 1.71. The summed E-state index contributed by atoms with van der Waals surface area (Å²) in [5, 5.41) is 9.79. The Balaban J connectivity index is 1.65. The van der Waals surface area contributed by atoms with E-state index in [0.29, 0.717) is 40.3 Å². The number of nitriles is 1. The highest BCUT2D eigenvalue weighted by atomic mass is 16.5. The summed E-state index contributed by atoms with van der Waals surface area (Å²) in [5.41, 5.74) is 7.52. The summed E-state index contributed by atoms with van der Waals surface area (Å²) in [5.74, 6) is 1.25. The minimum absolute atomic E-state index is 0.361. The van der Waals surface area contributed by atoms with Gasteiger partial charge in [-0.05, 0) is 19.5 Å². The van der Waals surface area contributed by atoms with E-state index in [-0.39, 0.29) is 0 Å². The van der Waals surface area contributed by atoms with E-state index in [0.717, 1.165) is 39.1 Å². The molecule has 2 N–H and O–H groups in total. The molecule has 1 aliphatic rings. The maximum Gasteiger partial charge on any atom is 0.163 e. The number of ether oxygens (including phenoxy) is 2. The number of anilines is 1. The third-order valence-corrected chi connectivity index (χ3v) is 4.79. The number of nitrogen functional groups attached to an aromatic ring is 1. The van der Waals surface area contributed by atoms with E-state index in [1.165, 1.54) is 6.20 Å². The highest BCUT2D eigenvalue weighted by molar-refractivity contribution is 5.94. The van der Waals surface area contributed by atoms with Crippen molar-refractivity contribution in [2.75, 3.05) is 59.2 Å². The summed E-state index contributed by atoms with van der Waals surface area (Å²) in [7, 11) is 3.75. The molecule has 1 aliphatic heterocycles. The maximum absolute atomic E-state index is 9.09. The summed E-state index contributed by atoms with van der Waals surface area (Å²) in [6.07, 6.45) is 2.44. The lowest BCUT2D eigenvalue weighted by Crippen LogP contribution is -2.44. The molecule has 2 heterocycles. The number of fused-ring (bicyclic) bond motifs is 1. The number of methoxy groups -OCH3 is 1. The molecule has 26 heavy (non-hydrogen) atoms. The van der Waals surface area contributed by atoms with Gasteiger partial charge in [0, 0.05) is 50.4 Å². The molecular weight excluding hydrogens is 330 g/mol. The molecule has 1 saturated heterocycles. The monoisotopic (exact) mass is 355 g/mol. The fraction of sp³-hybridized carbons (Fsp3) is 0.474. The van der Waals surface area contributed by atoms with Gasteiger partial charge in [0.05, 0.1) is 30.5 Å². The molecule has 0 aliphatic carbocycles. The Morgan fingerprint density at radius 2 is 2.00 bits per heavy atom. The van der Waals surface area contributed by atoms with Gasteiger partial charge in [0.2, 0.25) is 0 Å². The minimum atomic E-state index is 0.361. The highest BCUT2D eigenvalue weighted by Crippen LogP contribution is 2.34. The SMILES string of the molecule is COc1cc2c(N)c(C#N)cnc2cc1OCCCN1CCN(C)CC1. The van der Waals surface area contributed by atoms with Crippen molar-refractivity contribution in [3.8, 4) is 17.6 Å². The van der Waals surface area contributed by atoms with Crippen molar-refractivity contribution in [2.45, 2.75) is 6.42 Å². The van der Waals surface area contributed by atoms with Gasteiger partial charge >= 0.3 is 0 Å². The van der Waals surface area contributed by atoms with E-state index in [1.54, 1.807) is 13.2 Å². The number of benzene rings is 1. The average molecular weight is 355 g/mol. The molecule has 0 saturated carbocycles. The number of nitrogens with two attached hydrogens (primary N) is 1. The Morgan fingerprint density at radius 3 is 2.69 bits per heavy atom. The fourth-order valence-corrected chi connectivity index (χ4v) is 3.12. The molecule has 2 aromatic rings. The van der Waals surface area contributed by atoms with Crippen molar-refractivity contribution in [3.63, 3.8) is 0 Å². The first-order valence-corrected chi connectivity index (χ1v) is 8.82. The van der Waals surface area contributed by atoms with Gasteiger partial charge in [-0.15, -0.1) is 0 Å². The standard InChI is InChI=1S/C19H25N5O2/c1-23-5-7-24(8-6-23)4-3-9-26-18-11-16-15(10-17(18)25-2)19(21)14(12-20)13-22-16/h10-11,13H,3-9H2,1-2H3,(H2,21,22). The van der Waals surface area contributed by atoms with Crippen LogP contribution in [0, 0.1) is 11.3 Å². The quantitative estimate of drug-likeness (QED) is 0.789. The molecule has 0 radical (unpaired) electrons. The molecule has 7 heteroatoms. The molecule has 0 unspecified atom stereocenters. The maximum atomic E-state index is 9.09. The molecule has 3 rings (SSSR count). The van der Waals surface area contributed by atoms with Gasteiger partial charge < -0.3 is 25.0 Å². The van der Waals surface area contributed by atoms with Crippen LogP contribution in [0.25, 0.3) is 10.9 Å². The van der Waals surface area contributed by atoms with Crippen LogP contribution in [0.1, 0.15) is 12.0 Å². The van der Waals surface area contributed by atoms with Crippen molar-refractivity contribution in [1.82, 2.24) is 14.8 Å². The lowest BCUT2D eigenvalue weighted by Gasteiger charge is -2.32. The fourth-order valence-electron chi connectivity index (χ4n) is 3.12. The second kappa shape index (κ2) is 8.21. The van der Waals surface area contributed by atoms with Crippen molar-refractivity contribution in [3.05, 3.63) is 23.9 Å². The van der Waals surface area contributed by atoms with Crippen LogP contribution in [0.15, 0.2) is 18.3 Å². The summed E-state index contributed by atoms with van der Waals surface area (Å²) in [6.45, 7) is 6.11. The van der Waals surface area contributed by atoms with E-state index in [4.69, 9.17) is 20.5 Å². The van der Waals surface area contributed by atoms with Crippen molar-refractivity contribution in [1.29, 1.82) is 5.26 Å². The van der Waals surface area contributed by atoms with Gasteiger partial charge in [-0.25, -0.2) is 0 Å². The average Bonchev–Trinajstić information content (AvgIpc) is 2.66. The summed E-state index contributed by atoms with van der Waals surface area (Å²) in [6, 6.07) is 5.66. The first kappa shape index (κ1) is 18.2. The van der Waals surface area contributed by atoms with Gasteiger partial charge in [0.15, 0.2) is 11.5 Å². The van der Waals surface area contributed by atoms with Crippen LogP contribution < -0.4 is 15.2 Å². The van der Waals surface area contributed by atoms with E-state index >= 15 is 0 Å². The smallest absolute Gasteiger partial charge is 0.163 e. The van der Waals surface area contributed by atoms with Crippen LogP contribution in [0.4, 0.5) is 5.69 Å². The molecule has 0 spiro atoms. The first-order valence-electron chi connectivity index (χ1n) is 8.82. The second-order valence-corrected chi connectivity index (χ2v) is 6.56. The molecule has 7 nitrogen and oxygen atoms in total. The normalized spacial score (nSPS) is 15.7. The van der Waals surface area contributed by atoms with Crippen LogP contribution in [-0.2, 0) is 0 Å². The molecule has 0 bridgehead atoms. The van der Waals surface area contributed by atoms with Gasteiger partial charge in [0.25, 0.3) is 0 Å².